The van der Waals surface area contributed by atoms with Crippen molar-refractivity contribution in [3.63, 3.8) is 0 Å². The van der Waals surface area contributed by atoms with Crippen molar-refractivity contribution in [2.45, 2.75) is 24.7 Å². The van der Waals surface area contributed by atoms with E-state index >= 15 is 0 Å². The van der Waals surface area contributed by atoms with Crippen LogP contribution in [-0.4, -0.2) is 28.6 Å². The first-order valence-electron chi connectivity index (χ1n) is 6.77. The van der Waals surface area contributed by atoms with Gasteiger partial charge in [0.15, 0.2) is 0 Å². The van der Waals surface area contributed by atoms with Gasteiger partial charge in [-0.2, -0.15) is 0 Å². The molecule has 0 unspecified atom stereocenters. The number of hydrogen-bond acceptors (Lipinski definition) is 4. The molecule has 1 aliphatic rings. The van der Waals surface area contributed by atoms with E-state index in [2.05, 4.69) is 23.5 Å². The molecule has 0 saturated heterocycles. The lowest BCUT2D eigenvalue weighted by molar-refractivity contribution is 0.413. The number of nitrogens with one attached hydrogen (secondary N) is 1. The first kappa shape index (κ1) is 15.8. The van der Waals surface area contributed by atoms with Gasteiger partial charge in [-0.3, -0.25) is 0 Å². The van der Waals surface area contributed by atoms with Gasteiger partial charge in [0.1, 0.15) is 5.75 Å². The second-order valence-electron chi connectivity index (χ2n) is 5.50. The topological polar surface area (TPSA) is 81.4 Å². The van der Waals surface area contributed by atoms with E-state index in [0.29, 0.717) is 17.9 Å². The number of methoxy groups -OCH3 is 1. The molecule has 3 N–H and O–H groups in total. The highest BCUT2D eigenvalue weighted by Crippen LogP contribution is 2.44. The summed E-state index contributed by atoms with van der Waals surface area (Å²) >= 11 is 0. The van der Waals surface area contributed by atoms with Gasteiger partial charge in [-0.05, 0) is 36.5 Å². The molecule has 0 aliphatic heterocycles. The number of rotatable bonds is 5. The number of nitrogens with two attached hydrogens (primary N) is 1. The summed E-state index contributed by atoms with van der Waals surface area (Å²) in [6, 6.07) is 4.64. The van der Waals surface area contributed by atoms with Gasteiger partial charge in [-0.1, -0.05) is 18.8 Å². The lowest BCUT2D eigenvalue weighted by atomic mass is 10.2. The quantitative estimate of drug-likeness (QED) is 0.798. The van der Waals surface area contributed by atoms with Crippen LogP contribution in [0.5, 0.6) is 5.75 Å². The standard InChI is InChI=1S/C15H20N2O3S/c1-15(7-8-15)11-17-21(18,19)13-5-6-14(20-2)12(10-13)4-3-9-16/h5-6,10,17H,7-9,11,16H2,1-2H3. The van der Waals surface area contributed by atoms with Crippen molar-refractivity contribution in [3.05, 3.63) is 23.8 Å². The highest BCUT2D eigenvalue weighted by Gasteiger charge is 2.38. The Labute approximate surface area is 125 Å². The maximum absolute atomic E-state index is 12.3. The first-order chi connectivity index (χ1) is 9.90. The van der Waals surface area contributed by atoms with Crippen LogP contribution in [0.4, 0.5) is 0 Å². The minimum atomic E-state index is -3.53. The molecule has 2 rings (SSSR count). The third kappa shape index (κ3) is 3.97. The summed E-state index contributed by atoms with van der Waals surface area (Å²) in [6.07, 6.45) is 2.12. The van der Waals surface area contributed by atoms with Crippen LogP contribution in [0.25, 0.3) is 0 Å². The Kier molecular flexibility index (Phi) is 4.57. The Morgan fingerprint density at radius 3 is 2.71 bits per heavy atom. The van der Waals surface area contributed by atoms with Crippen molar-refractivity contribution in [2.24, 2.45) is 11.1 Å². The Morgan fingerprint density at radius 1 is 1.43 bits per heavy atom. The van der Waals surface area contributed by atoms with Crippen LogP contribution in [0.2, 0.25) is 0 Å². The minimum absolute atomic E-state index is 0.113. The summed E-state index contributed by atoms with van der Waals surface area (Å²) in [6.45, 7) is 2.74. The Hall–Kier alpha value is -1.55. The summed E-state index contributed by atoms with van der Waals surface area (Å²) < 4.78 is 32.4. The van der Waals surface area contributed by atoms with E-state index < -0.39 is 10.0 Å². The molecule has 0 bridgehead atoms. The van der Waals surface area contributed by atoms with Crippen molar-refractivity contribution in [1.82, 2.24) is 4.72 Å². The molecule has 0 amide bonds. The molecule has 6 heteroatoms. The third-order valence-corrected chi connectivity index (χ3v) is 5.00. The van der Waals surface area contributed by atoms with Crippen LogP contribution in [-0.2, 0) is 10.0 Å². The molecule has 0 radical (unpaired) electrons. The molecule has 0 spiro atoms. The van der Waals surface area contributed by atoms with E-state index in [9.17, 15) is 8.42 Å². The fraction of sp³-hybridized carbons (Fsp3) is 0.467. The van der Waals surface area contributed by atoms with Crippen LogP contribution in [0, 0.1) is 17.3 Å². The monoisotopic (exact) mass is 308 g/mol. The predicted molar refractivity (Wildman–Crippen MR) is 81.5 cm³/mol. The average molecular weight is 308 g/mol. The highest BCUT2D eigenvalue weighted by atomic mass is 32.2. The Balaban J connectivity index is 2.25. The molecule has 0 aromatic heterocycles. The van der Waals surface area contributed by atoms with Crippen LogP contribution in [0.3, 0.4) is 0 Å². The van der Waals surface area contributed by atoms with Crippen LogP contribution in [0.15, 0.2) is 23.1 Å². The molecule has 1 aromatic carbocycles. The van der Waals surface area contributed by atoms with Gasteiger partial charge in [0, 0.05) is 6.54 Å². The maximum Gasteiger partial charge on any atom is 0.240 e. The predicted octanol–water partition coefficient (Wildman–Crippen LogP) is 1.08. The molecular formula is C15H20N2O3S. The molecule has 5 nitrogen and oxygen atoms in total. The molecule has 0 atom stereocenters. The fourth-order valence-electron chi connectivity index (χ4n) is 1.84. The Bertz CT molecular complexity index is 683. The van der Waals surface area contributed by atoms with E-state index in [1.165, 1.54) is 19.2 Å². The number of hydrogen-bond donors (Lipinski definition) is 2. The van der Waals surface area contributed by atoms with Crippen LogP contribution < -0.4 is 15.2 Å². The first-order valence-corrected chi connectivity index (χ1v) is 8.25. The third-order valence-electron chi connectivity index (χ3n) is 3.60. The van der Waals surface area contributed by atoms with Crippen molar-refractivity contribution < 1.29 is 13.2 Å². The average Bonchev–Trinajstić information content (AvgIpc) is 3.21. The fourth-order valence-corrected chi connectivity index (χ4v) is 3.07. The van der Waals surface area contributed by atoms with Crippen molar-refractivity contribution in [3.8, 4) is 17.6 Å². The van der Waals surface area contributed by atoms with Gasteiger partial charge in [0.05, 0.1) is 24.1 Å². The van der Waals surface area contributed by atoms with E-state index in [-0.39, 0.29) is 16.9 Å². The van der Waals surface area contributed by atoms with Gasteiger partial charge in [-0.15, -0.1) is 0 Å². The van der Waals surface area contributed by atoms with E-state index in [1.807, 2.05) is 0 Å². The molecule has 0 heterocycles. The smallest absolute Gasteiger partial charge is 0.240 e. The van der Waals surface area contributed by atoms with Crippen molar-refractivity contribution in [1.29, 1.82) is 0 Å². The summed E-state index contributed by atoms with van der Waals surface area (Å²) in [7, 11) is -2.01. The van der Waals surface area contributed by atoms with Gasteiger partial charge in [0.25, 0.3) is 0 Å². The van der Waals surface area contributed by atoms with Gasteiger partial charge < -0.3 is 10.5 Å². The molecule has 1 aliphatic carbocycles. The molecule has 1 aromatic rings. The largest absolute Gasteiger partial charge is 0.495 e. The number of sulfonamides is 1. The summed E-state index contributed by atoms with van der Waals surface area (Å²) in [5.41, 5.74) is 5.98. The zero-order valence-corrected chi connectivity index (χ0v) is 13.1. The summed E-state index contributed by atoms with van der Waals surface area (Å²) in [4.78, 5) is 0.189. The van der Waals surface area contributed by atoms with Gasteiger partial charge in [0.2, 0.25) is 10.0 Å². The Morgan fingerprint density at radius 2 is 2.14 bits per heavy atom. The van der Waals surface area contributed by atoms with E-state index in [0.717, 1.165) is 12.8 Å². The van der Waals surface area contributed by atoms with Crippen molar-refractivity contribution >= 4 is 10.0 Å². The molecule has 21 heavy (non-hydrogen) atoms. The minimum Gasteiger partial charge on any atom is -0.495 e. The van der Waals surface area contributed by atoms with Crippen LogP contribution in [0.1, 0.15) is 25.3 Å². The normalized spacial score (nSPS) is 16.0. The molecule has 114 valence electrons. The SMILES string of the molecule is COc1ccc(S(=O)(=O)NCC2(C)CC2)cc1C#CCN. The molecule has 1 fully saturated rings. The summed E-state index contributed by atoms with van der Waals surface area (Å²) in [5, 5.41) is 0. The lowest BCUT2D eigenvalue weighted by Gasteiger charge is -2.12. The van der Waals surface area contributed by atoms with E-state index in [4.69, 9.17) is 10.5 Å². The number of ether oxygens (including phenoxy) is 1. The van der Waals surface area contributed by atoms with E-state index in [1.54, 1.807) is 6.07 Å². The second-order valence-corrected chi connectivity index (χ2v) is 7.27. The van der Waals surface area contributed by atoms with Gasteiger partial charge in [-0.25, -0.2) is 13.1 Å². The highest BCUT2D eigenvalue weighted by molar-refractivity contribution is 7.89. The lowest BCUT2D eigenvalue weighted by Crippen LogP contribution is -2.29. The number of benzene rings is 1. The maximum atomic E-state index is 12.3. The molecule has 1 saturated carbocycles. The zero-order valence-electron chi connectivity index (χ0n) is 12.3. The zero-order chi connectivity index (χ0) is 15.5. The van der Waals surface area contributed by atoms with Crippen LogP contribution >= 0.6 is 0 Å². The second kappa shape index (κ2) is 6.06. The van der Waals surface area contributed by atoms with Gasteiger partial charge >= 0.3 is 0 Å². The summed E-state index contributed by atoms with van der Waals surface area (Å²) in [5.74, 6) is 6.07. The van der Waals surface area contributed by atoms with Crippen molar-refractivity contribution in [2.75, 3.05) is 20.2 Å². The molecular weight excluding hydrogens is 288 g/mol.